The molecule has 0 rings (SSSR count). The van der Waals surface area contributed by atoms with Gasteiger partial charge >= 0.3 is 17.9 Å². The summed E-state index contributed by atoms with van der Waals surface area (Å²) in [5.74, 6) is -7.86. The van der Waals surface area contributed by atoms with Gasteiger partial charge in [-0.3, -0.25) is 28.8 Å². The molecule has 0 saturated heterocycles. The zero-order valence-electron chi connectivity index (χ0n) is 20.2. The van der Waals surface area contributed by atoms with E-state index in [4.69, 9.17) is 21.7 Å². The van der Waals surface area contributed by atoms with Crippen LogP contribution in [0.5, 0.6) is 0 Å². The van der Waals surface area contributed by atoms with E-state index in [-0.39, 0.29) is 18.8 Å². The van der Waals surface area contributed by atoms with E-state index >= 15 is 0 Å². The normalized spacial score (nSPS) is 14.9. The van der Waals surface area contributed by atoms with Crippen molar-refractivity contribution in [3.8, 4) is 0 Å². The zero-order chi connectivity index (χ0) is 28.0. The number of carbonyl (C=O) groups is 7. The predicted octanol–water partition coefficient (Wildman–Crippen LogP) is -2.11. The zero-order valence-corrected chi connectivity index (χ0v) is 20.2. The molecular weight excluding hydrogens is 482 g/mol. The number of aliphatic carboxylic acids is 3. The molecule has 15 nitrogen and oxygen atoms in total. The van der Waals surface area contributed by atoms with Crippen LogP contribution in [-0.2, 0) is 33.6 Å². The van der Waals surface area contributed by atoms with Gasteiger partial charge in [-0.25, -0.2) is 4.79 Å². The molecule has 4 amide bonds. The quantitative estimate of drug-likeness (QED) is 0.0974. The Kier molecular flexibility index (Phi) is 14.4. The van der Waals surface area contributed by atoms with Crippen LogP contribution in [0.25, 0.3) is 0 Å². The van der Waals surface area contributed by atoms with E-state index in [1.807, 2.05) is 6.92 Å². The molecule has 0 saturated carbocycles. The molecule has 10 N–H and O–H groups in total. The number of carbonyl (C=O) groups excluding carboxylic acids is 4. The first-order chi connectivity index (χ1) is 16.7. The van der Waals surface area contributed by atoms with Gasteiger partial charge in [0.25, 0.3) is 0 Å². The highest BCUT2D eigenvalue weighted by Crippen LogP contribution is 2.08. The number of nitrogens with two attached hydrogens (primary N) is 2. The van der Waals surface area contributed by atoms with Crippen LogP contribution in [0.3, 0.4) is 0 Å². The number of amides is 4. The molecule has 204 valence electrons. The lowest BCUT2D eigenvalue weighted by Gasteiger charge is -2.25. The highest BCUT2D eigenvalue weighted by atomic mass is 16.4. The van der Waals surface area contributed by atoms with Gasteiger partial charge in [0.1, 0.15) is 18.1 Å². The maximum Gasteiger partial charge on any atom is 0.326 e. The molecule has 0 fully saturated rings. The van der Waals surface area contributed by atoms with Crippen molar-refractivity contribution in [2.45, 2.75) is 83.0 Å². The summed E-state index contributed by atoms with van der Waals surface area (Å²) in [6, 6.07) is -5.49. The topological polar surface area (TPSA) is 268 Å². The number of rotatable bonds is 18. The standard InChI is InChI=1S/C21H35N5O10/c1-3-10(2)17(23)20(34)25-11(4-7-14(22)27)18(32)24-12(5-8-15(28)29)19(33)26-13(21(35)36)6-9-16(30)31/h10-13,17H,3-9,23H2,1-2H3,(H2,22,27)(H,24,32)(H,25,34)(H,26,33)(H,28,29)(H,30,31)(H,35,36). The largest absolute Gasteiger partial charge is 0.481 e. The average molecular weight is 518 g/mol. The Morgan fingerprint density at radius 2 is 1.08 bits per heavy atom. The highest BCUT2D eigenvalue weighted by molar-refractivity contribution is 5.94. The van der Waals surface area contributed by atoms with E-state index < -0.39 is 91.4 Å². The van der Waals surface area contributed by atoms with Gasteiger partial charge in [-0.15, -0.1) is 0 Å². The van der Waals surface area contributed by atoms with Crippen molar-refractivity contribution >= 4 is 41.5 Å². The van der Waals surface area contributed by atoms with Crippen LogP contribution in [0.1, 0.15) is 58.8 Å². The van der Waals surface area contributed by atoms with Crippen LogP contribution >= 0.6 is 0 Å². The van der Waals surface area contributed by atoms with Crippen LogP contribution in [0.2, 0.25) is 0 Å². The molecule has 0 aromatic rings. The first-order valence-electron chi connectivity index (χ1n) is 11.3. The predicted molar refractivity (Wildman–Crippen MR) is 123 cm³/mol. The molecule has 0 aromatic heterocycles. The third kappa shape index (κ3) is 12.6. The van der Waals surface area contributed by atoms with Crippen molar-refractivity contribution in [2.75, 3.05) is 0 Å². The fourth-order valence-corrected chi connectivity index (χ4v) is 2.94. The summed E-state index contributed by atoms with van der Waals surface area (Å²) in [7, 11) is 0. The minimum Gasteiger partial charge on any atom is -0.481 e. The van der Waals surface area contributed by atoms with Crippen molar-refractivity contribution < 1.29 is 48.9 Å². The van der Waals surface area contributed by atoms with Gasteiger partial charge in [0, 0.05) is 19.3 Å². The van der Waals surface area contributed by atoms with Gasteiger partial charge in [-0.2, -0.15) is 0 Å². The summed E-state index contributed by atoms with van der Waals surface area (Å²) in [6.07, 6.45) is -2.04. The maximum atomic E-state index is 12.9. The first-order valence-corrected chi connectivity index (χ1v) is 11.3. The molecule has 15 heteroatoms. The molecule has 0 radical (unpaired) electrons. The number of carboxylic acids is 3. The minimum absolute atomic E-state index is 0.238. The van der Waals surface area contributed by atoms with E-state index in [0.29, 0.717) is 6.42 Å². The van der Waals surface area contributed by atoms with Crippen molar-refractivity contribution in [1.82, 2.24) is 16.0 Å². The summed E-state index contributed by atoms with van der Waals surface area (Å²) in [5, 5.41) is 33.7. The fraction of sp³-hybridized carbons (Fsp3) is 0.667. The first kappa shape index (κ1) is 32.2. The van der Waals surface area contributed by atoms with Crippen LogP contribution in [0, 0.1) is 5.92 Å². The van der Waals surface area contributed by atoms with Crippen LogP contribution < -0.4 is 27.4 Å². The van der Waals surface area contributed by atoms with E-state index in [0.717, 1.165) is 0 Å². The fourth-order valence-electron chi connectivity index (χ4n) is 2.94. The summed E-state index contributed by atoms with van der Waals surface area (Å²) >= 11 is 0. The van der Waals surface area contributed by atoms with Gasteiger partial charge in [-0.1, -0.05) is 20.3 Å². The number of primary amides is 1. The van der Waals surface area contributed by atoms with Gasteiger partial charge in [0.05, 0.1) is 6.04 Å². The Bertz CT molecular complexity index is 834. The Hall–Kier alpha value is -3.75. The van der Waals surface area contributed by atoms with E-state index in [2.05, 4.69) is 16.0 Å². The number of hydrogen-bond acceptors (Lipinski definition) is 8. The molecular formula is C21H35N5O10. The Labute approximate surface area is 207 Å². The van der Waals surface area contributed by atoms with Gasteiger partial charge in [0.15, 0.2) is 0 Å². The second-order valence-corrected chi connectivity index (χ2v) is 8.30. The molecule has 0 bridgehead atoms. The van der Waals surface area contributed by atoms with Crippen molar-refractivity contribution in [3.05, 3.63) is 0 Å². The second-order valence-electron chi connectivity index (χ2n) is 8.30. The highest BCUT2D eigenvalue weighted by Gasteiger charge is 2.31. The molecule has 0 aliphatic rings. The summed E-state index contributed by atoms with van der Waals surface area (Å²) < 4.78 is 0. The molecule has 0 heterocycles. The van der Waals surface area contributed by atoms with E-state index in [1.54, 1.807) is 6.92 Å². The lowest BCUT2D eigenvalue weighted by Crippen LogP contribution is -2.57. The summed E-state index contributed by atoms with van der Waals surface area (Å²) in [5.41, 5.74) is 11.0. The van der Waals surface area contributed by atoms with Crippen molar-refractivity contribution in [3.63, 3.8) is 0 Å². The minimum atomic E-state index is -1.61. The second kappa shape index (κ2) is 16.0. The molecule has 5 unspecified atom stereocenters. The van der Waals surface area contributed by atoms with Crippen LogP contribution in [0.15, 0.2) is 0 Å². The molecule has 0 aromatic carbocycles. The maximum absolute atomic E-state index is 12.9. The van der Waals surface area contributed by atoms with E-state index in [1.165, 1.54) is 0 Å². The average Bonchev–Trinajstić information content (AvgIpc) is 2.79. The van der Waals surface area contributed by atoms with Crippen LogP contribution in [-0.4, -0.2) is 81.0 Å². The molecule has 0 spiro atoms. The van der Waals surface area contributed by atoms with Gasteiger partial charge < -0.3 is 42.7 Å². The summed E-state index contributed by atoms with van der Waals surface area (Å²) in [6.45, 7) is 3.53. The van der Waals surface area contributed by atoms with Crippen LogP contribution in [0.4, 0.5) is 0 Å². The van der Waals surface area contributed by atoms with Crippen molar-refractivity contribution in [1.29, 1.82) is 0 Å². The third-order valence-electron chi connectivity index (χ3n) is 5.41. The van der Waals surface area contributed by atoms with Crippen molar-refractivity contribution in [2.24, 2.45) is 17.4 Å². The molecule has 5 atom stereocenters. The monoisotopic (exact) mass is 517 g/mol. The molecule has 0 aliphatic heterocycles. The van der Waals surface area contributed by atoms with Gasteiger partial charge in [-0.05, 0) is 25.2 Å². The number of hydrogen-bond donors (Lipinski definition) is 8. The third-order valence-corrected chi connectivity index (χ3v) is 5.41. The Morgan fingerprint density at radius 1 is 0.694 bits per heavy atom. The number of carboxylic acid groups (broad SMARTS) is 3. The molecule has 36 heavy (non-hydrogen) atoms. The lowest BCUT2D eigenvalue weighted by atomic mass is 9.98. The number of nitrogens with one attached hydrogen (secondary N) is 3. The summed E-state index contributed by atoms with van der Waals surface area (Å²) in [4.78, 5) is 82.5. The lowest BCUT2D eigenvalue weighted by molar-refractivity contribution is -0.144. The smallest absolute Gasteiger partial charge is 0.326 e. The van der Waals surface area contributed by atoms with E-state index in [9.17, 15) is 38.7 Å². The Balaban J connectivity index is 5.68. The molecule has 0 aliphatic carbocycles. The Morgan fingerprint density at radius 3 is 1.47 bits per heavy atom. The SMILES string of the molecule is CCC(C)C(N)C(=O)NC(CCC(N)=O)C(=O)NC(CCC(=O)O)C(=O)NC(CCC(=O)O)C(=O)O. The van der Waals surface area contributed by atoms with Gasteiger partial charge in [0.2, 0.25) is 23.6 Å².